The molecule has 0 fully saturated rings. The first kappa shape index (κ1) is 43.6. The highest BCUT2D eigenvalue weighted by atomic mass is 15.1. The van der Waals surface area contributed by atoms with E-state index in [1.165, 1.54) is 145 Å². The monoisotopic (exact) mass is 938 g/mol. The van der Waals surface area contributed by atoms with Crippen molar-refractivity contribution >= 4 is 22.7 Å². The largest absolute Gasteiger partial charge is 0.344 e. The molecule has 0 radical (unpaired) electrons. The van der Waals surface area contributed by atoms with Crippen LogP contribution in [0.15, 0.2) is 206 Å². The molecular formula is C71H58N2. The van der Waals surface area contributed by atoms with Crippen LogP contribution in [0.3, 0.4) is 0 Å². The lowest BCUT2D eigenvalue weighted by molar-refractivity contribution is 0.720. The van der Waals surface area contributed by atoms with E-state index in [0.717, 1.165) is 0 Å². The normalized spacial score (nSPS) is 15.4. The third kappa shape index (κ3) is 5.64. The lowest BCUT2D eigenvalue weighted by atomic mass is 9.61. The molecule has 10 aromatic carbocycles. The second-order valence-electron chi connectivity index (χ2n) is 21.8. The predicted octanol–water partition coefficient (Wildman–Crippen LogP) is 16.8. The highest BCUT2D eigenvalue weighted by Gasteiger charge is 2.56. The minimum Gasteiger partial charge on any atom is -0.344 e. The van der Waals surface area contributed by atoms with Gasteiger partial charge in [-0.15, -0.1) is 0 Å². The molecule has 2 aliphatic carbocycles. The standard InChI is InChI=1S/C71H58N2/c1-43-17-27-49(28-18-43)69(50-29-19-44(2)20-30-50)61-37-47(5)25-35-65(61)72(7)67-41-59-55(39-63(67)69)56-40-64-68(42-60(56)71(59)57-15-11-9-13-53(57)54-14-10-12-16-58(54)71)73(8)66-36-26-48(6)38-62(66)70(64,51-31-21-45(3)22-32-51)52-33-23-46(4)24-34-52/h9-42H,1-8H3. The van der Waals surface area contributed by atoms with Crippen LogP contribution in [0, 0.1) is 41.5 Å². The topological polar surface area (TPSA) is 6.48 Å². The van der Waals surface area contributed by atoms with Gasteiger partial charge in [0, 0.05) is 36.8 Å². The number of nitrogens with zero attached hydrogens (tertiary/aromatic N) is 2. The zero-order valence-corrected chi connectivity index (χ0v) is 43.0. The van der Waals surface area contributed by atoms with Gasteiger partial charge in [0.1, 0.15) is 0 Å². The third-order valence-electron chi connectivity index (χ3n) is 17.6. The van der Waals surface area contributed by atoms with E-state index in [-0.39, 0.29) is 0 Å². The Hall–Kier alpha value is -8.20. The third-order valence-corrected chi connectivity index (χ3v) is 17.6. The van der Waals surface area contributed by atoms with Crippen LogP contribution < -0.4 is 9.80 Å². The summed E-state index contributed by atoms with van der Waals surface area (Å²) in [5, 5.41) is 0. The molecule has 4 aliphatic rings. The van der Waals surface area contributed by atoms with E-state index < -0.39 is 16.2 Å². The highest BCUT2D eigenvalue weighted by molar-refractivity contribution is 6.00. The molecule has 0 unspecified atom stereocenters. The van der Waals surface area contributed by atoms with E-state index >= 15 is 0 Å². The Morgan fingerprint density at radius 2 is 0.534 bits per heavy atom. The van der Waals surface area contributed by atoms with Crippen LogP contribution in [-0.2, 0) is 16.2 Å². The first-order chi connectivity index (χ1) is 35.4. The van der Waals surface area contributed by atoms with Gasteiger partial charge in [0.2, 0.25) is 0 Å². The van der Waals surface area contributed by atoms with Gasteiger partial charge in [0.05, 0.1) is 16.2 Å². The SMILES string of the molecule is Cc1ccc(C2(c3ccc(C)cc3)c3cc(C)ccc3N(C)c3cc4c(cc32)-c2cc3c(cc2C42c4ccccc4-c4ccccc42)N(C)c2ccc(C)cc2C3(c2ccc(C)cc2)c2ccc(C)cc2)cc1. The van der Waals surface area contributed by atoms with Crippen molar-refractivity contribution in [3.05, 3.63) is 306 Å². The average Bonchev–Trinajstić information content (AvgIpc) is 3.88. The van der Waals surface area contributed by atoms with Gasteiger partial charge in [-0.25, -0.2) is 0 Å². The first-order valence-corrected chi connectivity index (χ1v) is 26.0. The second-order valence-corrected chi connectivity index (χ2v) is 21.8. The Balaban J connectivity index is 1.18. The molecule has 0 amide bonds. The Labute approximate surface area is 430 Å². The Morgan fingerprint density at radius 3 is 0.877 bits per heavy atom. The van der Waals surface area contributed by atoms with E-state index in [0.29, 0.717) is 0 Å². The fourth-order valence-corrected chi connectivity index (χ4v) is 14.2. The lowest BCUT2D eigenvalue weighted by Gasteiger charge is -2.46. The quantitative estimate of drug-likeness (QED) is 0.173. The summed E-state index contributed by atoms with van der Waals surface area (Å²) in [6.45, 7) is 13.3. The summed E-state index contributed by atoms with van der Waals surface area (Å²) in [7, 11) is 4.59. The summed E-state index contributed by atoms with van der Waals surface area (Å²) in [6.07, 6.45) is 0. The maximum atomic E-state index is 2.65. The van der Waals surface area contributed by atoms with E-state index in [2.05, 4.69) is 272 Å². The average molecular weight is 939 g/mol. The molecule has 14 rings (SSSR count). The predicted molar refractivity (Wildman–Crippen MR) is 304 cm³/mol. The molecule has 352 valence electrons. The van der Waals surface area contributed by atoms with Crippen LogP contribution >= 0.6 is 0 Å². The number of rotatable bonds is 4. The molecule has 73 heavy (non-hydrogen) atoms. The van der Waals surface area contributed by atoms with E-state index in [1.807, 2.05) is 0 Å². The van der Waals surface area contributed by atoms with Crippen LogP contribution in [0.5, 0.6) is 0 Å². The van der Waals surface area contributed by atoms with Gasteiger partial charge >= 0.3 is 0 Å². The van der Waals surface area contributed by atoms with Gasteiger partial charge in [-0.3, -0.25) is 0 Å². The molecule has 10 aromatic rings. The van der Waals surface area contributed by atoms with Crippen molar-refractivity contribution in [1.29, 1.82) is 0 Å². The molecule has 0 saturated heterocycles. The number of hydrogen-bond donors (Lipinski definition) is 0. The minimum absolute atomic E-state index is 0.600. The maximum Gasteiger partial charge on any atom is 0.0742 e. The number of fused-ring (bicyclic) bond motifs is 14. The summed E-state index contributed by atoms with van der Waals surface area (Å²) in [6, 6.07) is 80.9. The lowest BCUT2D eigenvalue weighted by Crippen LogP contribution is -2.38. The first-order valence-electron chi connectivity index (χ1n) is 26.0. The molecule has 1 spiro atoms. The van der Waals surface area contributed by atoms with Gasteiger partial charge in [0.25, 0.3) is 0 Å². The second kappa shape index (κ2) is 15.4. The van der Waals surface area contributed by atoms with Crippen LogP contribution in [-0.4, -0.2) is 14.1 Å². The smallest absolute Gasteiger partial charge is 0.0742 e. The van der Waals surface area contributed by atoms with Crippen molar-refractivity contribution in [3.8, 4) is 22.3 Å². The molecule has 2 heterocycles. The van der Waals surface area contributed by atoms with Crippen molar-refractivity contribution in [2.45, 2.75) is 57.8 Å². The number of benzene rings is 10. The fraction of sp³-hybridized carbons (Fsp3) is 0.155. The molecule has 2 aliphatic heterocycles. The van der Waals surface area contributed by atoms with Crippen molar-refractivity contribution in [3.63, 3.8) is 0 Å². The van der Waals surface area contributed by atoms with Gasteiger partial charge in [0.15, 0.2) is 0 Å². The molecule has 0 aromatic heterocycles. The molecular weight excluding hydrogens is 881 g/mol. The summed E-state index contributed by atoms with van der Waals surface area (Å²) in [5.74, 6) is 0. The minimum atomic E-state index is -0.639. The van der Waals surface area contributed by atoms with Gasteiger partial charge in [-0.1, -0.05) is 203 Å². The summed E-state index contributed by atoms with van der Waals surface area (Å²) in [5.41, 5.74) is 31.3. The summed E-state index contributed by atoms with van der Waals surface area (Å²) >= 11 is 0. The van der Waals surface area contributed by atoms with Crippen molar-refractivity contribution < 1.29 is 0 Å². The molecule has 0 atom stereocenters. The van der Waals surface area contributed by atoms with Gasteiger partial charge in [-0.05, 0) is 167 Å². The van der Waals surface area contributed by atoms with E-state index in [9.17, 15) is 0 Å². The fourth-order valence-electron chi connectivity index (χ4n) is 14.2. The number of aryl methyl sites for hydroxylation is 6. The number of anilines is 4. The van der Waals surface area contributed by atoms with E-state index in [4.69, 9.17) is 0 Å². The van der Waals surface area contributed by atoms with Crippen molar-refractivity contribution in [1.82, 2.24) is 0 Å². The van der Waals surface area contributed by atoms with Crippen LogP contribution in [0.25, 0.3) is 22.3 Å². The summed E-state index contributed by atoms with van der Waals surface area (Å²) in [4.78, 5) is 4.98. The van der Waals surface area contributed by atoms with Crippen LogP contribution in [0.2, 0.25) is 0 Å². The molecule has 0 bridgehead atoms. The molecule has 2 nitrogen and oxygen atoms in total. The van der Waals surface area contributed by atoms with Gasteiger partial charge in [-0.2, -0.15) is 0 Å². The zero-order chi connectivity index (χ0) is 49.7. The highest BCUT2D eigenvalue weighted by Crippen LogP contribution is 2.68. The Kier molecular flexibility index (Phi) is 9.20. The maximum absolute atomic E-state index is 2.65. The van der Waals surface area contributed by atoms with Crippen LogP contribution in [0.1, 0.15) is 100 Å². The summed E-state index contributed by atoms with van der Waals surface area (Å²) < 4.78 is 0. The van der Waals surface area contributed by atoms with Gasteiger partial charge < -0.3 is 9.80 Å². The molecule has 0 saturated carbocycles. The molecule has 0 N–H and O–H groups in total. The van der Waals surface area contributed by atoms with E-state index in [1.54, 1.807) is 0 Å². The molecule has 2 heteroatoms. The Bertz CT molecular complexity index is 3580. The Morgan fingerprint density at radius 1 is 0.233 bits per heavy atom. The van der Waals surface area contributed by atoms with Crippen LogP contribution in [0.4, 0.5) is 22.7 Å². The number of hydrogen-bond acceptors (Lipinski definition) is 2. The zero-order valence-electron chi connectivity index (χ0n) is 43.0. The van der Waals surface area contributed by atoms with Crippen molar-refractivity contribution in [2.75, 3.05) is 23.9 Å². The van der Waals surface area contributed by atoms with Crippen molar-refractivity contribution in [2.24, 2.45) is 0 Å².